The van der Waals surface area contributed by atoms with Crippen LogP contribution in [0.4, 0.5) is 0 Å². The van der Waals surface area contributed by atoms with Crippen molar-refractivity contribution in [2.45, 2.75) is 0 Å². The third-order valence-corrected chi connectivity index (χ3v) is 0. The Morgan fingerprint density at radius 1 is 1.25 bits per heavy atom. The molecule has 3 heteroatoms. The Morgan fingerprint density at radius 3 is 1.25 bits per heavy atom. The second-order valence-electron chi connectivity index (χ2n) is 0. The van der Waals surface area contributed by atoms with E-state index in [4.69, 9.17) is 5.11 Å². The van der Waals surface area contributed by atoms with Crippen LogP contribution in [0.15, 0.2) is 0 Å². The Bertz CT molecular complexity index is 8.00. The molecular formula is CH4OTaTi. The molecular weight excluding hydrogens is 257 g/mol. The van der Waals surface area contributed by atoms with Gasteiger partial charge < -0.3 is 5.11 Å². The minimum atomic E-state index is 0. The zero-order valence-corrected chi connectivity index (χ0v) is 7.17. The molecule has 0 aromatic heterocycles. The molecule has 0 spiro atoms. The molecule has 0 aromatic rings. The minimum Gasteiger partial charge on any atom is -0.400 e. The van der Waals surface area contributed by atoms with Crippen molar-refractivity contribution in [3.05, 3.63) is 0 Å². The van der Waals surface area contributed by atoms with Crippen LogP contribution in [-0.4, -0.2) is 12.2 Å². The zero-order valence-electron chi connectivity index (χ0n) is 2.39. The second-order valence-corrected chi connectivity index (χ2v) is 0. The quantitative estimate of drug-likeness (QED) is 0.588. The summed E-state index contributed by atoms with van der Waals surface area (Å²) in [5.41, 5.74) is 0. The van der Waals surface area contributed by atoms with Gasteiger partial charge in [-0.2, -0.15) is 0 Å². The summed E-state index contributed by atoms with van der Waals surface area (Å²) in [6.45, 7) is 0. The molecule has 0 atom stereocenters. The van der Waals surface area contributed by atoms with Gasteiger partial charge in [-0.05, 0) is 0 Å². The molecule has 1 nitrogen and oxygen atoms in total. The molecule has 0 saturated heterocycles. The molecule has 0 aliphatic heterocycles. The average Bonchev–Trinajstić information content (AvgIpc) is 1.00. The van der Waals surface area contributed by atoms with Crippen molar-refractivity contribution in [3.63, 3.8) is 0 Å². The van der Waals surface area contributed by atoms with Crippen molar-refractivity contribution < 1.29 is 49.2 Å². The van der Waals surface area contributed by atoms with E-state index in [1.165, 1.54) is 0 Å². The maximum atomic E-state index is 7.00. The van der Waals surface area contributed by atoms with Crippen LogP contribution < -0.4 is 0 Å². The first-order chi connectivity index (χ1) is 1.00. The number of aliphatic hydroxyl groups excluding tert-OH is 1. The topological polar surface area (TPSA) is 20.2 Å². The fraction of sp³-hybridized carbons (Fsp3) is 1.00. The third kappa shape index (κ3) is 9.95. The van der Waals surface area contributed by atoms with Crippen molar-refractivity contribution in [1.82, 2.24) is 0 Å². The summed E-state index contributed by atoms with van der Waals surface area (Å²) in [6, 6.07) is 0. The van der Waals surface area contributed by atoms with Crippen LogP contribution in [0.2, 0.25) is 0 Å². The molecule has 23 valence electrons. The molecule has 0 unspecified atom stereocenters. The number of rotatable bonds is 0. The molecule has 0 bridgehead atoms. The van der Waals surface area contributed by atoms with Crippen molar-refractivity contribution in [1.29, 1.82) is 0 Å². The molecule has 0 aromatic carbocycles. The SMILES string of the molecule is CO.[Ta].[Ti]. The van der Waals surface area contributed by atoms with Gasteiger partial charge in [0, 0.05) is 51.2 Å². The summed E-state index contributed by atoms with van der Waals surface area (Å²) in [6.07, 6.45) is 0. The molecule has 0 aliphatic rings. The average molecular weight is 261 g/mol. The molecule has 0 aliphatic carbocycles. The van der Waals surface area contributed by atoms with Crippen LogP contribution in [0.25, 0.3) is 0 Å². The molecule has 0 rings (SSSR count). The van der Waals surface area contributed by atoms with Crippen LogP contribution in [-0.2, 0) is 44.1 Å². The Kier molecular flexibility index (Phi) is 116. The van der Waals surface area contributed by atoms with Crippen LogP contribution in [0.3, 0.4) is 0 Å². The van der Waals surface area contributed by atoms with E-state index in [1.807, 2.05) is 0 Å². The maximum Gasteiger partial charge on any atom is 0.0319 e. The first-order valence-electron chi connectivity index (χ1n) is 0.447. The summed E-state index contributed by atoms with van der Waals surface area (Å²) in [5, 5.41) is 7.00. The van der Waals surface area contributed by atoms with Gasteiger partial charge in [-0.25, -0.2) is 0 Å². The molecule has 1 radical (unpaired) electrons. The number of hydrogen-bond acceptors (Lipinski definition) is 1. The Balaban J connectivity index is -0.00000000500. The van der Waals surface area contributed by atoms with E-state index in [0.717, 1.165) is 7.11 Å². The van der Waals surface area contributed by atoms with Gasteiger partial charge in [0.15, 0.2) is 0 Å². The fourth-order valence-corrected chi connectivity index (χ4v) is 0. The van der Waals surface area contributed by atoms with Crippen LogP contribution in [0.5, 0.6) is 0 Å². The van der Waals surface area contributed by atoms with Crippen LogP contribution >= 0.6 is 0 Å². The van der Waals surface area contributed by atoms with Gasteiger partial charge >= 0.3 is 0 Å². The van der Waals surface area contributed by atoms with E-state index < -0.39 is 0 Å². The third-order valence-electron chi connectivity index (χ3n) is 0. The van der Waals surface area contributed by atoms with Gasteiger partial charge in [0.1, 0.15) is 0 Å². The van der Waals surface area contributed by atoms with Crippen molar-refractivity contribution >= 4 is 0 Å². The minimum absolute atomic E-state index is 0. The van der Waals surface area contributed by atoms with Crippen molar-refractivity contribution in [2.75, 3.05) is 7.11 Å². The first-order valence-corrected chi connectivity index (χ1v) is 0.447. The summed E-state index contributed by atoms with van der Waals surface area (Å²) in [5.74, 6) is 0. The second kappa shape index (κ2) is 25.7. The molecule has 1 N–H and O–H groups in total. The number of hydrogen-bond donors (Lipinski definition) is 1. The van der Waals surface area contributed by atoms with E-state index in [-0.39, 0.29) is 44.1 Å². The van der Waals surface area contributed by atoms with E-state index in [1.54, 1.807) is 0 Å². The normalized spacial score (nSPS) is 1.50. The van der Waals surface area contributed by atoms with Gasteiger partial charge in [0.2, 0.25) is 0 Å². The van der Waals surface area contributed by atoms with Crippen LogP contribution in [0, 0.1) is 0 Å². The first kappa shape index (κ1) is 18.1. The van der Waals surface area contributed by atoms with E-state index in [2.05, 4.69) is 0 Å². The Labute approximate surface area is 56.2 Å². The van der Waals surface area contributed by atoms with Gasteiger partial charge in [0.05, 0.1) is 0 Å². The monoisotopic (exact) mass is 261 g/mol. The molecule has 0 amide bonds. The van der Waals surface area contributed by atoms with E-state index in [9.17, 15) is 0 Å². The van der Waals surface area contributed by atoms with Crippen LogP contribution in [0.1, 0.15) is 0 Å². The summed E-state index contributed by atoms with van der Waals surface area (Å²) in [7, 11) is 1.00. The van der Waals surface area contributed by atoms with Gasteiger partial charge in [-0.3, -0.25) is 0 Å². The largest absolute Gasteiger partial charge is 0.400 e. The predicted octanol–water partition coefficient (Wildman–Crippen LogP) is -0.397. The summed E-state index contributed by atoms with van der Waals surface area (Å²) < 4.78 is 0. The van der Waals surface area contributed by atoms with Crippen molar-refractivity contribution in [2.24, 2.45) is 0 Å². The molecule has 0 saturated carbocycles. The Hall–Kier alpha value is 1.41. The standard InChI is InChI=1S/CH4O.Ta.Ti/c1-2;;/h2H,1H3;;. The maximum absolute atomic E-state index is 7.00. The van der Waals surface area contributed by atoms with Crippen molar-refractivity contribution in [3.8, 4) is 0 Å². The molecule has 4 heavy (non-hydrogen) atoms. The number of aliphatic hydroxyl groups is 1. The van der Waals surface area contributed by atoms with E-state index in [0.29, 0.717) is 0 Å². The summed E-state index contributed by atoms with van der Waals surface area (Å²) in [4.78, 5) is 0. The fourth-order valence-electron chi connectivity index (χ4n) is 0. The summed E-state index contributed by atoms with van der Waals surface area (Å²) >= 11 is 0. The van der Waals surface area contributed by atoms with E-state index >= 15 is 0 Å². The van der Waals surface area contributed by atoms with Gasteiger partial charge in [-0.1, -0.05) is 0 Å². The zero-order chi connectivity index (χ0) is 2.00. The van der Waals surface area contributed by atoms with Gasteiger partial charge in [-0.15, -0.1) is 0 Å². The smallest absolute Gasteiger partial charge is 0.0319 e. The molecule has 0 heterocycles. The molecule has 0 fully saturated rings. The van der Waals surface area contributed by atoms with Gasteiger partial charge in [0.25, 0.3) is 0 Å². The predicted molar refractivity (Wildman–Crippen MR) is 8.14 cm³/mol. The Morgan fingerprint density at radius 2 is 1.25 bits per heavy atom.